The van der Waals surface area contributed by atoms with E-state index in [1.165, 1.54) is 0 Å². The molecule has 8 heteroatoms. The van der Waals surface area contributed by atoms with Gasteiger partial charge in [0.1, 0.15) is 5.75 Å². The molecule has 0 radical (unpaired) electrons. The quantitative estimate of drug-likeness (QED) is 0.638. The minimum atomic E-state index is -0.0532. The van der Waals surface area contributed by atoms with Crippen molar-refractivity contribution in [3.8, 4) is 5.75 Å². The van der Waals surface area contributed by atoms with Crippen molar-refractivity contribution in [1.29, 1.82) is 0 Å². The minimum Gasteiger partial charge on any atom is -0.493 e. The predicted octanol–water partition coefficient (Wildman–Crippen LogP) is 2.67. The zero-order valence-electron chi connectivity index (χ0n) is 17.0. The summed E-state index contributed by atoms with van der Waals surface area (Å²) in [5.41, 5.74) is 2.59. The van der Waals surface area contributed by atoms with E-state index in [4.69, 9.17) is 9.26 Å². The van der Waals surface area contributed by atoms with Crippen LogP contribution in [0.1, 0.15) is 45.8 Å². The fourth-order valence-corrected chi connectivity index (χ4v) is 3.47. The Labute approximate surface area is 169 Å². The highest BCUT2D eigenvalue weighted by Crippen LogP contribution is 2.27. The summed E-state index contributed by atoms with van der Waals surface area (Å²) in [5.74, 6) is 2.05. The number of rotatable bonds is 6. The van der Waals surface area contributed by atoms with E-state index in [2.05, 4.69) is 15.2 Å². The molecule has 0 spiro atoms. The molecule has 0 aliphatic carbocycles. The highest BCUT2D eigenvalue weighted by molar-refractivity contribution is 5.92. The second-order valence-corrected chi connectivity index (χ2v) is 7.50. The molecule has 1 unspecified atom stereocenters. The second kappa shape index (κ2) is 8.06. The van der Waals surface area contributed by atoms with E-state index in [0.717, 1.165) is 23.4 Å². The van der Waals surface area contributed by atoms with Gasteiger partial charge in [-0.1, -0.05) is 17.3 Å². The van der Waals surface area contributed by atoms with Crippen molar-refractivity contribution in [2.24, 2.45) is 7.05 Å². The Morgan fingerprint density at radius 1 is 1.31 bits per heavy atom. The molecule has 1 aliphatic heterocycles. The molecule has 152 valence electrons. The SMILES string of the molecule is Cc1cccc(OCCc2noc(C3CCN(C(=O)c4cc(C)n(C)n4)C3)n2)c1. The Hall–Kier alpha value is -3.16. The monoisotopic (exact) mass is 395 g/mol. The van der Waals surface area contributed by atoms with Crippen molar-refractivity contribution < 1.29 is 14.1 Å². The molecule has 3 aromatic rings. The lowest BCUT2D eigenvalue weighted by Gasteiger charge is -2.13. The molecule has 1 amide bonds. The van der Waals surface area contributed by atoms with Gasteiger partial charge in [-0.25, -0.2) is 0 Å². The molecule has 1 atom stereocenters. The average molecular weight is 395 g/mol. The van der Waals surface area contributed by atoms with Crippen molar-refractivity contribution in [3.05, 3.63) is 59.0 Å². The number of benzene rings is 1. The number of aromatic nitrogens is 4. The molecule has 2 aromatic heterocycles. The molecule has 0 bridgehead atoms. The van der Waals surface area contributed by atoms with E-state index < -0.39 is 0 Å². The zero-order valence-corrected chi connectivity index (χ0v) is 17.0. The van der Waals surface area contributed by atoms with Crippen LogP contribution in [0.3, 0.4) is 0 Å². The fourth-order valence-electron chi connectivity index (χ4n) is 3.47. The molecule has 29 heavy (non-hydrogen) atoms. The standard InChI is InChI=1S/C21H25N5O3/c1-14-5-4-6-17(11-14)28-10-8-19-22-20(29-24-19)16-7-9-26(13-16)21(27)18-12-15(2)25(3)23-18/h4-6,11-12,16H,7-10,13H2,1-3H3. The topological polar surface area (TPSA) is 86.3 Å². The van der Waals surface area contributed by atoms with Gasteiger partial charge < -0.3 is 14.2 Å². The first kappa shape index (κ1) is 19.2. The summed E-state index contributed by atoms with van der Waals surface area (Å²) in [7, 11) is 1.83. The van der Waals surface area contributed by atoms with Gasteiger partial charge in [0, 0.05) is 32.3 Å². The molecule has 1 saturated heterocycles. The van der Waals surface area contributed by atoms with Gasteiger partial charge >= 0.3 is 0 Å². The molecule has 4 rings (SSSR count). The predicted molar refractivity (Wildman–Crippen MR) is 106 cm³/mol. The number of carbonyl (C=O) groups is 1. The van der Waals surface area contributed by atoms with Crippen molar-refractivity contribution >= 4 is 5.91 Å². The second-order valence-electron chi connectivity index (χ2n) is 7.50. The van der Waals surface area contributed by atoms with Crippen LogP contribution in [0.5, 0.6) is 5.75 Å². The van der Waals surface area contributed by atoms with Crippen LogP contribution in [-0.2, 0) is 13.5 Å². The van der Waals surface area contributed by atoms with Crippen molar-refractivity contribution in [1.82, 2.24) is 24.8 Å². The van der Waals surface area contributed by atoms with Crippen LogP contribution >= 0.6 is 0 Å². The van der Waals surface area contributed by atoms with Crippen LogP contribution in [0.2, 0.25) is 0 Å². The largest absolute Gasteiger partial charge is 0.493 e. The smallest absolute Gasteiger partial charge is 0.274 e. The first-order valence-electron chi connectivity index (χ1n) is 9.81. The maximum Gasteiger partial charge on any atom is 0.274 e. The first-order valence-corrected chi connectivity index (χ1v) is 9.81. The third kappa shape index (κ3) is 4.31. The molecule has 8 nitrogen and oxygen atoms in total. The number of ether oxygens (including phenoxy) is 1. The molecule has 3 heterocycles. The summed E-state index contributed by atoms with van der Waals surface area (Å²) >= 11 is 0. The Balaban J connectivity index is 1.31. The van der Waals surface area contributed by atoms with Crippen LogP contribution in [-0.4, -0.2) is 50.4 Å². The Kier molecular flexibility index (Phi) is 5.33. The summed E-state index contributed by atoms with van der Waals surface area (Å²) in [4.78, 5) is 19.0. The molecule has 0 saturated carbocycles. The third-order valence-corrected chi connectivity index (χ3v) is 5.23. The van der Waals surface area contributed by atoms with Crippen molar-refractivity contribution in [3.63, 3.8) is 0 Å². The van der Waals surface area contributed by atoms with E-state index in [-0.39, 0.29) is 11.8 Å². The van der Waals surface area contributed by atoms with Crippen LogP contribution in [0, 0.1) is 13.8 Å². The van der Waals surface area contributed by atoms with Crippen LogP contribution in [0.25, 0.3) is 0 Å². The van der Waals surface area contributed by atoms with E-state index in [1.807, 2.05) is 51.2 Å². The zero-order chi connectivity index (χ0) is 20.4. The summed E-state index contributed by atoms with van der Waals surface area (Å²) in [6.07, 6.45) is 1.37. The number of hydrogen-bond acceptors (Lipinski definition) is 6. The van der Waals surface area contributed by atoms with Gasteiger partial charge in [-0.2, -0.15) is 10.1 Å². The van der Waals surface area contributed by atoms with Gasteiger partial charge in [0.2, 0.25) is 5.89 Å². The first-order chi connectivity index (χ1) is 14.0. The number of aryl methyl sites for hydroxylation is 3. The maximum atomic E-state index is 12.7. The molecule has 1 fully saturated rings. The van der Waals surface area contributed by atoms with Gasteiger partial charge in [0.05, 0.1) is 12.5 Å². The van der Waals surface area contributed by atoms with Crippen LogP contribution < -0.4 is 4.74 Å². The number of nitrogens with zero attached hydrogens (tertiary/aromatic N) is 5. The molecule has 0 N–H and O–H groups in total. The Bertz CT molecular complexity index is 990. The van der Waals surface area contributed by atoms with E-state index in [9.17, 15) is 4.79 Å². The van der Waals surface area contributed by atoms with Gasteiger partial charge in [-0.15, -0.1) is 0 Å². The molecular weight excluding hydrogens is 370 g/mol. The number of likely N-dealkylation sites (tertiary alicyclic amines) is 1. The van der Waals surface area contributed by atoms with Gasteiger partial charge in [0.25, 0.3) is 5.91 Å². The lowest BCUT2D eigenvalue weighted by Crippen LogP contribution is -2.29. The third-order valence-electron chi connectivity index (χ3n) is 5.23. The fraction of sp³-hybridized carbons (Fsp3) is 0.429. The van der Waals surface area contributed by atoms with E-state index in [1.54, 1.807) is 9.58 Å². The summed E-state index contributed by atoms with van der Waals surface area (Å²) in [6, 6.07) is 9.74. The summed E-state index contributed by atoms with van der Waals surface area (Å²) in [6.45, 7) is 5.67. The maximum absolute atomic E-state index is 12.7. The normalized spacial score (nSPS) is 16.4. The van der Waals surface area contributed by atoms with E-state index in [0.29, 0.717) is 43.5 Å². The summed E-state index contributed by atoms with van der Waals surface area (Å²) in [5, 5.41) is 8.35. The lowest BCUT2D eigenvalue weighted by molar-refractivity contribution is 0.0783. The highest BCUT2D eigenvalue weighted by Gasteiger charge is 2.32. The molecular formula is C21H25N5O3. The molecule has 1 aliphatic rings. The Morgan fingerprint density at radius 2 is 2.17 bits per heavy atom. The number of hydrogen-bond donors (Lipinski definition) is 0. The Morgan fingerprint density at radius 3 is 2.93 bits per heavy atom. The highest BCUT2D eigenvalue weighted by atomic mass is 16.5. The van der Waals surface area contributed by atoms with Gasteiger partial charge in [-0.05, 0) is 44.0 Å². The number of carbonyl (C=O) groups excluding carboxylic acids is 1. The van der Waals surface area contributed by atoms with Gasteiger partial charge in [0.15, 0.2) is 11.5 Å². The van der Waals surface area contributed by atoms with Crippen LogP contribution in [0.15, 0.2) is 34.9 Å². The van der Waals surface area contributed by atoms with Gasteiger partial charge in [-0.3, -0.25) is 9.48 Å². The minimum absolute atomic E-state index is 0.0532. The van der Waals surface area contributed by atoms with Crippen molar-refractivity contribution in [2.75, 3.05) is 19.7 Å². The van der Waals surface area contributed by atoms with E-state index >= 15 is 0 Å². The molecule has 1 aromatic carbocycles. The van der Waals surface area contributed by atoms with Crippen LogP contribution in [0.4, 0.5) is 0 Å². The average Bonchev–Trinajstić information content (AvgIpc) is 3.42. The summed E-state index contributed by atoms with van der Waals surface area (Å²) < 4.78 is 12.9. The lowest BCUT2D eigenvalue weighted by atomic mass is 10.1. The van der Waals surface area contributed by atoms with Crippen molar-refractivity contribution in [2.45, 2.75) is 32.6 Å². The number of amides is 1.